The van der Waals surface area contributed by atoms with Crippen molar-refractivity contribution in [1.29, 1.82) is 5.26 Å². The molecule has 144 valence electrons. The number of nitriles is 1. The van der Waals surface area contributed by atoms with Crippen LogP contribution in [0.5, 0.6) is 0 Å². The fourth-order valence-electron chi connectivity index (χ4n) is 2.12. The number of hydrogen-bond acceptors (Lipinski definition) is 4. The van der Waals surface area contributed by atoms with Gasteiger partial charge in [0.1, 0.15) is 11.6 Å². The molecule has 0 spiro atoms. The van der Waals surface area contributed by atoms with Gasteiger partial charge in [-0.05, 0) is 59.8 Å². The van der Waals surface area contributed by atoms with Gasteiger partial charge < -0.3 is 10.6 Å². The number of carbonyl (C=O) groups is 2. The van der Waals surface area contributed by atoms with Crippen LogP contribution in [0.25, 0.3) is 6.08 Å². The van der Waals surface area contributed by atoms with E-state index in [0.717, 1.165) is 0 Å². The minimum absolute atomic E-state index is 0.00636. The normalized spacial score (nSPS) is 11.5. The molecule has 9 heteroatoms. The first-order valence-corrected chi connectivity index (χ1v) is 8.64. The number of thioether (sulfide) groups is 1. The molecule has 0 aliphatic rings. The predicted octanol–water partition coefficient (Wildman–Crippen LogP) is 4.80. The number of hydrogen-bond donors (Lipinski definition) is 2. The summed E-state index contributed by atoms with van der Waals surface area (Å²) in [6.07, 6.45) is 1.28. The van der Waals surface area contributed by atoms with Crippen LogP contribution in [0, 0.1) is 11.3 Å². The molecule has 2 N–H and O–H groups in total. The van der Waals surface area contributed by atoms with Crippen LogP contribution >= 0.6 is 11.8 Å². The monoisotopic (exact) mass is 405 g/mol. The smallest absolute Gasteiger partial charge is 0.326 e. The molecular formula is C19H14F3N3O2S. The third-order valence-electron chi connectivity index (χ3n) is 3.25. The zero-order valence-corrected chi connectivity index (χ0v) is 15.3. The molecule has 0 radical (unpaired) electrons. The highest BCUT2D eigenvalue weighted by molar-refractivity contribution is 8.00. The first kappa shape index (κ1) is 21.1. The average Bonchev–Trinajstić information content (AvgIpc) is 2.61. The number of benzene rings is 2. The number of anilines is 2. The van der Waals surface area contributed by atoms with Crippen LogP contribution in [0.2, 0.25) is 0 Å². The maximum atomic E-state index is 12.3. The highest BCUT2D eigenvalue weighted by Crippen LogP contribution is 2.36. The van der Waals surface area contributed by atoms with Crippen molar-refractivity contribution in [3.8, 4) is 6.07 Å². The molecule has 0 atom stereocenters. The van der Waals surface area contributed by atoms with E-state index in [1.165, 1.54) is 37.3 Å². The lowest BCUT2D eigenvalue weighted by Gasteiger charge is -2.07. The van der Waals surface area contributed by atoms with Crippen molar-refractivity contribution < 1.29 is 22.8 Å². The van der Waals surface area contributed by atoms with Crippen LogP contribution in [-0.2, 0) is 9.59 Å². The largest absolute Gasteiger partial charge is 0.446 e. The maximum absolute atomic E-state index is 12.3. The number of carbonyl (C=O) groups excluding carboxylic acids is 2. The molecule has 2 rings (SSSR count). The number of nitrogens with one attached hydrogen (secondary N) is 2. The van der Waals surface area contributed by atoms with Crippen molar-refractivity contribution in [2.75, 3.05) is 10.6 Å². The van der Waals surface area contributed by atoms with E-state index in [9.17, 15) is 28.0 Å². The van der Waals surface area contributed by atoms with E-state index in [1.807, 2.05) is 0 Å². The lowest BCUT2D eigenvalue weighted by Crippen LogP contribution is -2.13. The van der Waals surface area contributed by atoms with Crippen molar-refractivity contribution in [2.24, 2.45) is 0 Å². The molecule has 5 nitrogen and oxygen atoms in total. The van der Waals surface area contributed by atoms with Gasteiger partial charge in [-0.1, -0.05) is 12.1 Å². The van der Waals surface area contributed by atoms with Gasteiger partial charge in [-0.2, -0.15) is 18.4 Å². The lowest BCUT2D eigenvalue weighted by atomic mass is 10.1. The van der Waals surface area contributed by atoms with Gasteiger partial charge in [0.2, 0.25) is 5.91 Å². The van der Waals surface area contributed by atoms with E-state index in [2.05, 4.69) is 10.6 Å². The molecule has 0 saturated carbocycles. The molecule has 2 amide bonds. The van der Waals surface area contributed by atoms with Gasteiger partial charge in [-0.25, -0.2) is 0 Å². The van der Waals surface area contributed by atoms with Gasteiger partial charge in [0.15, 0.2) is 0 Å². The Morgan fingerprint density at radius 1 is 1.00 bits per heavy atom. The van der Waals surface area contributed by atoms with Gasteiger partial charge >= 0.3 is 5.51 Å². The molecule has 0 unspecified atom stereocenters. The van der Waals surface area contributed by atoms with Crippen molar-refractivity contribution in [1.82, 2.24) is 0 Å². The second kappa shape index (κ2) is 9.10. The Hall–Kier alpha value is -3.25. The van der Waals surface area contributed by atoms with Crippen LogP contribution in [0.3, 0.4) is 0 Å². The van der Waals surface area contributed by atoms with Gasteiger partial charge in [0.05, 0.1) is 0 Å². The van der Waals surface area contributed by atoms with E-state index in [1.54, 1.807) is 30.3 Å². The van der Waals surface area contributed by atoms with Crippen LogP contribution in [0.1, 0.15) is 12.5 Å². The molecule has 0 aliphatic heterocycles. The van der Waals surface area contributed by atoms with Crippen LogP contribution in [-0.4, -0.2) is 17.3 Å². The number of alkyl halides is 3. The van der Waals surface area contributed by atoms with Crippen molar-refractivity contribution in [3.63, 3.8) is 0 Å². The Bertz CT molecular complexity index is 931. The van der Waals surface area contributed by atoms with Crippen molar-refractivity contribution in [3.05, 3.63) is 59.7 Å². The minimum Gasteiger partial charge on any atom is -0.326 e. The van der Waals surface area contributed by atoms with Crippen molar-refractivity contribution >= 4 is 41.0 Å². The second-order valence-electron chi connectivity index (χ2n) is 5.50. The van der Waals surface area contributed by atoms with E-state index < -0.39 is 11.4 Å². The Morgan fingerprint density at radius 3 is 2.00 bits per heavy atom. The van der Waals surface area contributed by atoms with E-state index in [4.69, 9.17) is 0 Å². The van der Waals surface area contributed by atoms with E-state index in [-0.39, 0.29) is 28.1 Å². The standard InChI is InChI=1S/C19H14F3N3O2S/c1-12(26)24-15-4-6-16(7-5-15)25-18(27)14(11-23)10-13-2-8-17(9-3-13)28-19(20,21)22/h2-10H,1H3,(H,24,26)(H,25,27)/b14-10+. The highest BCUT2D eigenvalue weighted by atomic mass is 32.2. The van der Waals surface area contributed by atoms with Gasteiger partial charge in [-0.3, -0.25) is 9.59 Å². The lowest BCUT2D eigenvalue weighted by molar-refractivity contribution is -0.114. The number of nitrogens with zero attached hydrogens (tertiary/aromatic N) is 1. The summed E-state index contributed by atoms with van der Waals surface area (Å²) in [4.78, 5) is 23.2. The maximum Gasteiger partial charge on any atom is 0.446 e. The SMILES string of the molecule is CC(=O)Nc1ccc(NC(=O)/C(C#N)=C/c2ccc(SC(F)(F)F)cc2)cc1. The number of halogens is 3. The Balaban J connectivity index is 2.08. The molecule has 0 bridgehead atoms. The first-order chi connectivity index (χ1) is 13.2. The van der Waals surface area contributed by atoms with Gasteiger partial charge in [0, 0.05) is 23.2 Å². The predicted molar refractivity (Wildman–Crippen MR) is 101 cm³/mol. The Morgan fingerprint density at radius 2 is 1.54 bits per heavy atom. The molecule has 0 aromatic heterocycles. The quantitative estimate of drug-likeness (QED) is 0.425. The summed E-state index contributed by atoms with van der Waals surface area (Å²) in [7, 11) is 0. The number of rotatable bonds is 5. The van der Waals surface area contributed by atoms with Crippen LogP contribution in [0.4, 0.5) is 24.5 Å². The summed E-state index contributed by atoms with van der Waals surface area (Å²) < 4.78 is 37.0. The van der Waals surface area contributed by atoms with Gasteiger partial charge in [-0.15, -0.1) is 0 Å². The summed E-state index contributed by atoms with van der Waals surface area (Å²) in [6, 6.07) is 13.4. The topological polar surface area (TPSA) is 82.0 Å². The summed E-state index contributed by atoms with van der Waals surface area (Å²) in [5.41, 5.74) is -3.21. The van der Waals surface area contributed by atoms with E-state index in [0.29, 0.717) is 16.9 Å². The molecule has 2 aromatic carbocycles. The van der Waals surface area contributed by atoms with Crippen LogP contribution < -0.4 is 10.6 Å². The summed E-state index contributed by atoms with van der Waals surface area (Å²) in [5.74, 6) is -0.894. The fourth-order valence-corrected chi connectivity index (χ4v) is 2.66. The molecular weight excluding hydrogens is 391 g/mol. The summed E-state index contributed by atoms with van der Waals surface area (Å²) >= 11 is -0.244. The molecule has 0 heterocycles. The summed E-state index contributed by atoms with van der Waals surface area (Å²) in [5, 5.41) is 14.3. The van der Waals surface area contributed by atoms with E-state index >= 15 is 0 Å². The van der Waals surface area contributed by atoms with Crippen molar-refractivity contribution in [2.45, 2.75) is 17.3 Å². The zero-order valence-electron chi connectivity index (χ0n) is 14.5. The molecule has 28 heavy (non-hydrogen) atoms. The van der Waals surface area contributed by atoms with Gasteiger partial charge in [0.25, 0.3) is 5.91 Å². The molecule has 0 aliphatic carbocycles. The van der Waals surface area contributed by atoms with Crippen LogP contribution in [0.15, 0.2) is 59.0 Å². The second-order valence-corrected chi connectivity index (χ2v) is 6.64. The third kappa shape index (κ3) is 6.81. The zero-order chi connectivity index (χ0) is 20.7. The first-order valence-electron chi connectivity index (χ1n) is 7.83. The molecule has 2 aromatic rings. The highest BCUT2D eigenvalue weighted by Gasteiger charge is 2.28. The fraction of sp³-hybridized carbons (Fsp3) is 0.105. The average molecular weight is 405 g/mol. The summed E-state index contributed by atoms with van der Waals surface area (Å²) in [6.45, 7) is 1.37. The number of amides is 2. The molecule has 0 saturated heterocycles. The molecule has 0 fully saturated rings. The minimum atomic E-state index is -4.38. The third-order valence-corrected chi connectivity index (χ3v) is 3.99. The Labute approximate surface area is 163 Å². The Kier molecular flexibility index (Phi) is 6.84.